The minimum Gasteiger partial charge on any atom is -0.337 e. The predicted molar refractivity (Wildman–Crippen MR) is 98.4 cm³/mol. The summed E-state index contributed by atoms with van der Waals surface area (Å²) in [5, 5.41) is 8.89. The summed E-state index contributed by atoms with van der Waals surface area (Å²) in [4.78, 5) is 25.4. The number of hydrogen-bond donors (Lipinski definition) is 0. The van der Waals surface area contributed by atoms with Gasteiger partial charge >= 0.3 is 0 Å². The molecule has 1 saturated heterocycles. The number of hydrogen-bond acceptors (Lipinski definition) is 5. The van der Waals surface area contributed by atoms with Crippen molar-refractivity contribution in [1.29, 1.82) is 5.26 Å². The number of nitrogens with zero attached hydrogens (tertiary/aromatic N) is 5. The first kappa shape index (κ1) is 18.0. The molecule has 1 fully saturated rings. The number of carbonyl (C=O) groups excluding carboxylic acids is 1. The molecule has 2 heterocycles. The van der Waals surface area contributed by atoms with Gasteiger partial charge in [0.1, 0.15) is 6.33 Å². The van der Waals surface area contributed by atoms with Gasteiger partial charge in [-0.1, -0.05) is 19.1 Å². The second-order valence-electron chi connectivity index (χ2n) is 6.47. The van der Waals surface area contributed by atoms with Crippen molar-refractivity contribution in [3.63, 3.8) is 0 Å². The van der Waals surface area contributed by atoms with Gasteiger partial charge in [0, 0.05) is 38.9 Å². The first-order valence-electron chi connectivity index (χ1n) is 9.00. The van der Waals surface area contributed by atoms with Crippen molar-refractivity contribution in [2.45, 2.75) is 26.3 Å². The topological polar surface area (TPSA) is 73.1 Å². The smallest absolute Gasteiger partial charge is 0.257 e. The van der Waals surface area contributed by atoms with Crippen LogP contribution >= 0.6 is 0 Å². The van der Waals surface area contributed by atoms with Crippen LogP contribution in [-0.2, 0) is 13.0 Å². The summed E-state index contributed by atoms with van der Waals surface area (Å²) in [7, 11) is 0. The summed E-state index contributed by atoms with van der Waals surface area (Å²) < 4.78 is 0. The normalized spacial score (nSPS) is 15.3. The molecule has 0 bridgehead atoms. The Kier molecular flexibility index (Phi) is 5.92. The van der Waals surface area contributed by atoms with Crippen LogP contribution in [0.15, 0.2) is 36.8 Å². The summed E-state index contributed by atoms with van der Waals surface area (Å²) in [5.41, 5.74) is 3.30. The monoisotopic (exact) mass is 349 g/mol. The Balaban J connectivity index is 1.62. The molecular formula is C20H23N5O. The molecule has 1 aromatic heterocycles. The van der Waals surface area contributed by atoms with E-state index in [0.717, 1.165) is 44.7 Å². The molecule has 2 aromatic rings. The van der Waals surface area contributed by atoms with Crippen LogP contribution in [0.1, 0.15) is 40.5 Å². The Morgan fingerprint density at radius 2 is 2.00 bits per heavy atom. The molecule has 0 unspecified atom stereocenters. The van der Waals surface area contributed by atoms with Crippen LogP contribution in [0.25, 0.3) is 0 Å². The zero-order chi connectivity index (χ0) is 18.4. The fraction of sp³-hybridized carbons (Fsp3) is 0.400. The Morgan fingerprint density at radius 1 is 1.19 bits per heavy atom. The van der Waals surface area contributed by atoms with Crippen LogP contribution in [0.3, 0.4) is 0 Å². The molecular weight excluding hydrogens is 326 g/mol. The van der Waals surface area contributed by atoms with Crippen molar-refractivity contribution in [2.75, 3.05) is 26.2 Å². The molecule has 0 saturated carbocycles. The van der Waals surface area contributed by atoms with E-state index in [0.29, 0.717) is 17.7 Å². The van der Waals surface area contributed by atoms with E-state index in [9.17, 15) is 4.79 Å². The summed E-state index contributed by atoms with van der Waals surface area (Å²) in [6, 6.07) is 9.85. The van der Waals surface area contributed by atoms with E-state index in [1.165, 1.54) is 11.9 Å². The van der Waals surface area contributed by atoms with E-state index in [-0.39, 0.29) is 5.91 Å². The lowest BCUT2D eigenvalue weighted by atomic mass is 10.1. The first-order valence-corrected chi connectivity index (χ1v) is 9.00. The van der Waals surface area contributed by atoms with Crippen molar-refractivity contribution in [3.8, 4) is 6.07 Å². The van der Waals surface area contributed by atoms with Crippen molar-refractivity contribution in [2.24, 2.45) is 0 Å². The maximum Gasteiger partial charge on any atom is 0.257 e. The van der Waals surface area contributed by atoms with E-state index in [4.69, 9.17) is 5.26 Å². The zero-order valence-electron chi connectivity index (χ0n) is 15.1. The molecule has 0 aliphatic carbocycles. The molecule has 0 radical (unpaired) electrons. The third-order valence-electron chi connectivity index (χ3n) is 4.73. The fourth-order valence-corrected chi connectivity index (χ4v) is 3.26. The Morgan fingerprint density at radius 3 is 2.73 bits per heavy atom. The van der Waals surface area contributed by atoms with Crippen LogP contribution in [0.5, 0.6) is 0 Å². The van der Waals surface area contributed by atoms with E-state index >= 15 is 0 Å². The number of benzene rings is 1. The van der Waals surface area contributed by atoms with E-state index < -0.39 is 0 Å². The average molecular weight is 349 g/mol. The maximum atomic E-state index is 12.9. The van der Waals surface area contributed by atoms with Gasteiger partial charge in [0.15, 0.2) is 0 Å². The van der Waals surface area contributed by atoms with Crippen LogP contribution < -0.4 is 0 Å². The van der Waals surface area contributed by atoms with Gasteiger partial charge in [-0.3, -0.25) is 9.69 Å². The second-order valence-corrected chi connectivity index (χ2v) is 6.47. The lowest BCUT2D eigenvalue weighted by Crippen LogP contribution is -2.35. The predicted octanol–water partition coefficient (Wildman–Crippen LogP) is 2.26. The SMILES string of the molecule is CCc1ncncc1C(=O)N1CCCN(Cc2ccc(C#N)cc2)CC1. The van der Waals surface area contributed by atoms with Crippen molar-refractivity contribution < 1.29 is 4.79 Å². The van der Waals surface area contributed by atoms with Gasteiger partial charge in [-0.2, -0.15) is 5.26 Å². The molecule has 1 aliphatic rings. The lowest BCUT2D eigenvalue weighted by Gasteiger charge is -2.22. The third kappa shape index (κ3) is 4.24. The van der Waals surface area contributed by atoms with Crippen molar-refractivity contribution >= 4 is 5.91 Å². The molecule has 6 nitrogen and oxygen atoms in total. The van der Waals surface area contributed by atoms with Gasteiger partial charge in [-0.15, -0.1) is 0 Å². The number of aromatic nitrogens is 2. The fourth-order valence-electron chi connectivity index (χ4n) is 3.26. The van der Waals surface area contributed by atoms with Crippen LogP contribution in [0, 0.1) is 11.3 Å². The molecule has 26 heavy (non-hydrogen) atoms. The standard InChI is InChI=1S/C20H23N5O/c1-2-19-18(13-22-15-23-19)20(26)25-9-3-8-24(10-11-25)14-17-6-4-16(12-21)5-7-17/h4-7,13,15H,2-3,8-11,14H2,1H3. The second kappa shape index (κ2) is 8.54. The number of amides is 1. The highest BCUT2D eigenvalue weighted by Crippen LogP contribution is 2.14. The van der Waals surface area contributed by atoms with Crippen LogP contribution in [0.2, 0.25) is 0 Å². The molecule has 0 spiro atoms. The van der Waals surface area contributed by atoms with Crippen LogP contribution in [0.4, 0.5) is 0 Å². The average Bonchev–Trinajstić information content (AvgIpc) is 2.93. The van der Waals surface area contributed by atoms with Gasteiger partial charge in [-0.25, -0.2) is 9.97 Å². The van der Waals surface area contributed by atoms with Gasteiger partial charge in [0.2, 0.25) is 0 Å². The van der Waals surface area contributed by atoms with Crippen molar-refractivity contribution in [3.05, 3.63) is 59.2 Å². The summed E-state index contributed by atoms with van der Waals surface area (Å²) in [5.74, 6) is 0.0303. The number of nitriles is 1. The van der Waals surface area contributed by atoms with Gasteiger partial charge in [0.05, 0.1) is 22.9 Å². The molecule has 3 rings (SSSR count). The first-order chi connectivity index (χ1) is 12.7. The number of carbonyl (C=O) groups is 1. The molecule has 0 N–H and O–H groups in total. The number of rotatable bonds is 4. The molecule has 1 amide bonds. The van der Waals surface area contributed by atoms with Gasteiger partial charge < -0.3 is 4.90 Å². The summed E-state index contributed by atoms with van der Waals surface area (Å²) in [6.07, 6.45) is 4.80. The molecule has 1 aromatic carbocycles. The van der Waals surface area contributed by atoms with E-state index in [2.05, 4.69) is 20.9 Å². The van der Waals surface area contributed by atoms with Crippen LogP contribution in [-0.4, -0.2) is 51.9 Å². The number of aryl methyl sites for hydroxylation is 1. The Labute approximate surface area is 154 Å². The Bertz CT molecular complexity index is 797. The van der Waals surface area contributed by atoms with Gasteiger partial charge in [0.25, 0.3) is 5.91 Å². The summed E-state index contributed by atoms with van der Waals surface area (Å²) in [6.45, 7) is 6.08. The minimum atomic E-state index is 0.0303. The summed E-state index contributed by atoms with van der Waals surface area (Å²) >= 11 is 0. The third-order valence-corrected chi connectivity index (χ3v) is 4.73. The zero-order valence-corrected chi connectivity index (χ0v) is 15.1. The van der Waals surface area contributed by atoms with E-state index in [1.807, 2.05) is 36.1 Å². The lowest BCUT2D eigenvalue weighted by molar-refractivity contribution is 0.0759. The Hall–Kier alpha value is -2.78. The molecule has 0 atom stereocenters. The quantitative estimate of drug-likeness (QED) is 0.846. The molecule has 1 aliphatic heterocycles. The molecule has 134 valence electrons. The maximum absolute atomic E-state index is 12.9. The van der Waals surface area contributed by atoms with Crippen molar-refractivity contribution in [1.82, 2.24) is 19.8 Å². The van der Waals surface area contributed by atoms with E-state index in [1.54, 1.807) is 6.20 Å². The largest absolute Gasteiger partial charge is 0.337 e. The minimum absolute atomic E-state index is 0.0303. The van der Waals surface area contributed by atoms with Gasteiger partial charge in [-0.05, 0) is 30.5 Å². The highest BCUT2D eigenvalue weighted by Gasteiger charge is 2.22. The highest BCUT2D eigenvalue weighted by molar-refractivity contribution is 5.95. The highest BCUT2D eigenvalue weighted by atomic mass is 16.2. The molecule has 6 heteroatoms.